The monoisotopic (exact) mass is 422 g/mol. The molecule has 0 aliphatic rings. The molecule has 0 fully saturated rings. The zero-order valence-corrected chi connectivity index (χ0v) is 17.9. The SMILES string of the molecule is CCC(Cc1ccc(F)cc1)NC(=O)CN(C)C(c1ccccc1)c1ccc(F)cc1. The van der Waals surface area contributed by atoms with Gasteiger partial charge in [0.15, 0.2) is 0 Å². The van der Waals surface area contributed by atoms with Crippen molar-refractivity contribution in [2.24, 2.45) is 0 Å². The predicted octanol–water partition coefficient (Wildman–Crippen LogP) is 5.12. The van der Waals surface area contributed by atoms with Crippen LogP contribution in [0.2, 0.25) is 0 Å². The van der Waals surface area contributed by atoms with Gasteiger partial charge in [0.05, 0.1) is 12.6 Å². The lowest BCUT2D eigenvalue weighted by atomic mass is 9.97. The Balaban J connectivity index is 1.69. The first-order valence-electron chi connectivity index (χ1n) is 10.5. The van der Waals surface area contributed by atoms with E-state index in [4.69, 9.17) is 0 Å². The van der Waals surface area contributed by atoms with Gasteiger partial charge in [-0.25, -0.2) is 8.78 Å². The molecule has 31 heavy (non-hydrogen) atoms. The second kappa shape index (κ2) is 10.8. The van der Waals surface area contributed by atoms with Crippen molar-refractivity contribution in [2.45, 2.75) is 31.8 Å². The van der Waals surface area contributed by atoms with Gasteiger partial charge in [0.25, 0.3) is 0 Å². The van der Waals surface area contributed by atoms with Crippen LogP contribution in [0, 0.1) is 11.6 Å². The Bertz CT molecular complexity index is 959. The van der Waals surface area contributed by atoms with Crippen molar-refractivity contribution >= 4 is 5.91 Å². The third-order valence-electron chi connectivity index (χ3n) is 5.39. The van der Waals surface area contributed by atoms with Crippen LogP contribution in [0.25, 0.3) is 0 Å². The van der Waals surface area contributed by atoms with Crippen LogP contribution in [0.3, 0.4) is 0 Å². The van der Waals surface area contributed by atoms with Gasteiger partial charge < -0.3 is 5.32 Å². The molecule has 0 spiro atoms. The molecule has 0 heterocycles. The van der Waals surface area contributed by atoms with Crippen LogP contribution in [-0.2, 0) is 11.2 Å². The van der Waals surface area contributed by atoms with E-state index in [2.05, 4.69) is 5.32 Å². The smallest absolute Gasteiger partial charge is 0.234 e. The fourth-order valence-electron chi connectivity index (χ4n) is 3.78. The summed E-state index contributed by atoms with van der Waals surface area (Å²) in [6.45, 7) is 2.21. The van der Waals surface area contributed by atoms with Crippen LogP contribution >= 0.6 is 0 Å². The summed E-state index contributed by atoms with van der Waals surface area (Å²) in [5, 5.41) is 3.09. The number of hydrogen-bond acceptors (Lipinski definition) is 2. The van der Waals surface area contributed by atoms with Crippen molar-refractivity contribution in [1.29, 1.82) is 0 Å². The molecule has 0 aliphatic carbocycles. The van der Waals surface area contributed by atoms with Gasteiger partial charge in [-0.3, -0.25) is 9.69 Å². The van der Waals surface area contributed by atoms with Gasteiger partial charge in [0, 0.05) is 6.04 Å². The highest BCUT2D eigenvalue weighted by molar-refractivity contribution is 5.78. The molecule has 0 aromatic heterocycles. The number of nitrogens with zero attached hydrogens (tertiary/aromatic N) is 1. The fourth-order valence-corrected chi connectivity index (χ4v) is 3.78. The molecule has 1 N–H and O–H groups in total. The van der Waals surface area contributed by atoms with Crippen LogP contribution in [-0.4, -0.2) is 30.4 Å². The molecule has 0 saturated heterocycles. The number of carbonyl (C=O) groups excluding carboxylic acids is 1. The minimum atomic E-state index is -0.289. The molecule has 0 bridgehead atoms. The first kappa shape index (κ1) is 22.6. The quantitative estimate of drug-likeness (QED) is 0.519. The number of carbonyl (C=O) groups is 1. The van der Waals surface area contributed by atoms with E-state index in [-0.39, 0.29) is 36.2 Å². The summed E-state index contributed by atoms with van der Waals surface area (Å²) in [5.41, 5.74) is 2.93. The van der Waals surface area contributed by atoms with E-state index in [1.807, 2.05) is 49.2 Å². The highest BCUT2D eigenvalue weighted by atomic mass is 19.1. The van der Waals surface area contributed by atoms with Gasteiger partial charge in [-0.1, -0.05) is 61.5 Å². The number of amides is 1. The predicted molar refractivity (Wildman–Crippen MR) is 120 cm³/mol. The highest BCUT2D eigenvalue weighted by Crippen LogP contribution is 2.27. The molecule has 0 aliphatic heterocycles. The van der Waals surface area contributed by atoms with Gasteiger partial charge in [0.1, 0.15) is 11.6 Å². The van der Waals surface area contributed by atoms with Crippen LogP contribution < -0.4 is 5.32 Å². The van der Waals surface area contributed by atoms with Gasteiger partial charge in [0.2, 0.25) is 5.91 Å². The highest BCUT2D eigenvalue weighted by Gasteiger charge is 2.22. The van der Waals surface area contributed by atoms with Gasteiger partial charge in [-0.2, -0.15) is 0 Å². The van der Waals surface area contributed by atoms with E-state index in [1.54, 1.807) is 24.3 Å². The third-order valence-corrected chi connectivity index (χ3v) is 5.39. The first-order valence-corrected chi connectivity index (χ1v) is 10.5. The molecule has 3 nitrogen and oxygen atoms in total. The standard InChI is InChI=1S/C26H28F2N2O/c1-3-24(17-19-9-13-22(27)14-10-19)29-25(31)18-30(2)26(20-7-5-4-6-8-20)21-11-15-23(28)16-12-21/h4-16,24,26H,3,17-18H2,1-2H3,(H,29,31). The number of rotatable bonds is 9. The van der Waals surface area contributed by atoms with Crippen molar-refractivity contribution in [2.75, 3.05) is 13.6 Å². The Morgan fingerprint density at radius 1 is 0.871 bits per heavy atom. The van der Waals surface area contributed by atoms with Crippen LogP contribution in [0.5, 0.6) is 0 Å². The number of benzene rings is 3. The van der Waals surface area contributed by atoms with E-state index < -0.39 is 0 Å². The lowest BCUT2D eigenvalue weighted by Crippen LogP contribution is -2.42. The Kier molecular flexibility index (Phi) is 7.90. The number of halogens is 2. The second-order valence-corrected chi connectivity index (χ2v) is 7.78. The summed E-state index contributed by atoms with van der Waals surface area (Å²) in [5.74, 6) is -0.641. The molecule has 3 aromatic carbocycles. The lowest BCUT2D eigenvalue weighted by Gasteiger charge is -2.29. The Hall–Kier alpha value is -3.05. The molecule has 162 valence electrons. The molecule has 3 rings (SSSR count). The molecule has 2 unspecified atom stereocenters. The zero-order chi connectivity index (χ0) is 22.2. The van der Waals surface area contributed by atoms with E-state index >= 15 is 0 Å². The molecule has 0 saturated carbocycles. The minimum absolute atomic E-state index is 0.0349. The van der Waals surface area contributed by atoms with E-state index in [0.29, 0.717) is 6.42 Å². The Labute approximate surface area is 182 Å². The normalized spacial score (nSPS) is 13.1. The molecule has 1 amide bonds. The largest absolute Gasteiger partial charge is 0.352 e. The number of hydrogen-bond donors (Lipinski definition) is 1. The summed E-state index contributed by atoms with van der Waals surface area (Å²) in [4.78, 5) is 14.8. The van der Waals surface area contributed by atoms with Crippen LogP contribution in [0.15, 0.2) is 78.9 Å². The van der Waals surface area contributed by atoms with Crippen molar-refractivity contribution in [1.82, 2.24) is 10.2 Å². The van der Waals surface area contributed by atoms with Crippen molar-refractivity contribution < 1.29 is 13.6 Å². The third kappa shape index (κ3) is 6.46. The summed E-state index contributed by atoms with van der Waals surface area (Å²) >= 11 is 0. The minimum Gasteiger partial charge on any atom is -0.352 e. The summed E-state index contributed by atoms with van der Waals surface area (Å²) in [7, 11) is 1.89. The van der Waals surface area contributed by atoms with Crippen LogP contribution in [0.4, 0.5) is 8.78 Å². The van der Waals surface area contributed by atoms with Crippen molar-refractivity contribution in [3.8, 4) is 0 Å². The molecule has 2 atom stereocenters. The Morgan fingerprint density at radius 3 is 2.00 bits per heavy atom. The fraction of sp³-hybridized carbons (Fsp3) is 0.269. The van der Waals surface area contributed by atoms with Crippen LogP contribution in [0.1, 0.15) is 36.1 Å². The van der Waals surface area contributed by atoms with Gasteiger partial charge >= 0.3 is 0 Å². The molecular weight excluding hydrogens is 394 g/mol. The lowest BCUT2D eigenvalue weighted by molar-refractivity contribution is -0.123. The number of likely N-dealkylation sites (N-methyl/N-ethyl adjacent to an activating group) is 1. The first-order chi connectivity index (χ1) is 15.0. The molecule has 3 aromatic rings. The summed E-state index contributed by atoms with van der Waals surface area (Å²) in [6.07, 6.45) is 1.42. The maximum Gasteiger partial charge on any atom is 0.234 e. The topological polar surface area (TPSA) is 32.3 Å². The van der Waals surface area contributed by atoms with E-state index in [1.165, 1.54) is 24.3 Å². The maximum atomic E-state index is 13.4. The van der Waals surface area contributed by atoms with Crippen molar-refractivity contribution in [3.05, 3.63) is 107 Å². The average Bonchev–Trinajstić information content (AvgIpc) is 2.77. The molecular formula is C26H28F2N2O. The second-order valence-electron chi connectivity index (χ2n) is 7.78. The number of nitrogens with one attached hydrogen (secondary N) is 1. The van der Waals surface area contributed by atoms with E-state index in [9.17, 15) is 13.6 Å². The molecule has 5 heteroatoms. The van der Waals surface area contributed by atoms with Crippen molar-refractivity contribution in [3.63, 3.8) is 0 Å². The average molecular weight is 423 g/mol. The Morgan fingerprint density at radius 2 is 1.42 bits per heavy atom. The zero-order valence-electron chi connectivity index (χ0n) is 17.9. The maximum absolute atomic E-state index is 13.4. The van der Waals surface area contributed by atoms with E-state index in [0.717, 1.165) is 23.1 Å². The van der Waals surface area contributed by atoms with Gasteiger partial charge in [-0.15, -0.1) is 0 Å². The van der Waals surface area contributed by atoms with Gasteiger partial charge in [-0.05, 0) is 60.8 Å². The molecule has 0 radical (unpaired) electrons. The summed E-state index contributed by atoms with van der Waals surface area (Å²) < 4.78 is 26.6. The summed E-state index contributed by atoms with van der Waals surface area (Å²) in [6, 6.07) is 22.4.